The van der Waals surface area contributed by atoms with E-state index in [1.165, 1.54) is 31.5 Å². The number of thiophene rings is 1. The summed E-state index contributed by atoms with van der Waals surface area (Å²) in [4.78, 5) is 15.4. The summed E-state index contributed by atoms with van der Waals surface area (Å²) in [7, 11) is 0. The van der Waals surface area contributed by atoms with Gasteiger partial charge < -0.3 is 5.32 Å². The molecule has 3 nitrogen and oxygen atoms in total. The summed E-state index contributed by atoms with van der Waals surface area (Å²) >= 11 is 5.02. The molecule has 0 aliphatic carbocycles. The summed E-state index contributed by atoms with van der Waals surface area (Å²) in [5, 5.41) is 2.93. The third-order valence-electron chi connectivity index (χ3n) is 4.09. The molecule has 1 N–H and O–H groups in total. The van der Waals surface area contributed by atoms with Gasteiger partial charge in [-0.1, -0.05) is 24.3 Å². The first kappa shape index (κ1) is 17.4. The Balaban J connectivity index is 1.45. The smallest absolute Gasteiger partial charge is 0.244 e. The predicted octanol–water partition coefficient (Wildman–Crippen LogP) is 4.44. The molecule has 126 valence electrons. The Morgan fingerprint density at radius 1 is 1.12 bits per heavy atom. The molecule has 0 atom stereocenters. The lowest BCUT2D eigenvalue weighted by molar-refractivity contribution is -0.116. The van der Waals surface area contributed by atoms with Gasteiger partial charge in [0, 0.05) is 24.0 Å². The number of nitrogens with zero attached hydrogens (tertiary/aromatic N) is 1. The molecule has 0 spiro atoms. The van der Waals surface area contributed by atoms with Crippen molar-refractivity contribution in [1.29, 1.82) is 0 Å². The third kappa shape index (κ3) is 5.30. The summed E-state index contributed by atoms with van der Waals surface area (Å²) in [6.45, 7) is 4.02. The lowest BCUT2D eigenvalue weighted by atomic mass is 10.1. The van der Waals surface area contributed by atoms with Gasteiger partial charge in [0.25, 0.3) is 0 Å². The fourth-order valence-corrected chi connectivity index (χ4v) is 4.11. The van der Waals surface area contributed by atoms with Crippen LogP contribution in [-0.2, 0) is 17.9 Å². The summed E-state index contributed by atoms with van der Waals surface area (Å²) in [5.41, 5.74) is 2.47. The molecule has 1 aliphatic rings. The van der Waals surface area contributed by atoms with E-state index in [-0.39, 0.29) is 5.91 Å². The molecule has 0 bridgehead atoms. The van der Waals surface area contributed by atoms with Crippen LogP contribution in [-0.4, -0.2) is 23.9 Å². The number of carbonyl (C=O) groups excluding carboxylic acids is 1. The summed E-state index contributed by atoms with van der Waals surface area (Å²) in [6, 6.07) is 12.5. The second-order valence-corrected chi connectivity index (χ2v) is 8.49. The zero-order valence-electron chi connectivity index (χ0n) is 13.5. The van der Waals surface area contributed by atoms with Gasteiger partial charge in [-0.25, -0.2) is 0 Å². The normalized spacial score (nSPS) is 15.2. The first-order valence-corrected chi connectivity index (χ1v) is 9.81. The molecule has 3 rings (SSSR count). The van der Waals surface area contributed by atoms with Gasteiger partial charge in [0.1, 0.15) is 0 Å². The predicted molar refractivity (Wildman–Crippen MR) is 104 cm³/mol. The van der Waals surface area contributed by atoms with Crippen molar-refractivity contribution in [3.63, 3.8) is 0 Å². The number of amides is 1. The molecule has 0 unspecified atom stereocenters. The number of hydrogen-bond donors (Lipinski definition) is 1. The fraction of sp³-hybridized carbons (Fsp3) is 0.316. The average molecular weight is 405 g/mol. The number of hydrogen-bond acceptors (Lipinski definition) is 3. The van der Waals surface area contributed by atoms with Crippen molar-refractivity contribution in [2.75, 3.05) is 13.1 Å². The van der Waals surface area contributed by atoms with Gasteiger partial charge in [-0.05, 0) is 71.2 Å². The van der Waals surface area contributed by atoms with Crippen molar-refractivity contribution >= 4 is 39.2 Å². The monoisotopic (exact) mass is 404 g/mol. The molecule has 1 saturated heterocycles. The highest BCUT2D eigenvalue weighted by Crippen LogP contribution is 2.22. The van der Waals surface area contributed by atoms with Gasteiger partial charge in [0.2, 0.25) is 5.91 Å². The van der Waals surface area contributed by atoms with Crippen LogP contribution in [0.1, 0.15) is 28.8 Å². The van der Waals surface area contributed by atoms with Crippen LogP contribution in [0.15, 0.2) is 46.3 Å². The average Bonchev–Trinajstić information content (AvgIpc) is 3.24. The van der Waals surface area contributed by atoms with Crippen LogP contribution in [0.4, 0.5) is 0 Å². The van der Waals surface area contributed by atoms with Gasteiger partial charge in [0.15, 0.2) is 0 Å². The van der Waals surface area contributed by atoms with E-state index < -0.39 is 0 Å². The number of likely N-dealkylation sites (tertiary alicyclic amines) is 1. The Kier molecular flexibility index (Phi) is 6.24. The van der Waals surface area contributed by atoms with Crippen molar-refractivity contribution in [2.45, 2.75) is 25.9 Å². The van der Waals surface area contributed by atoms with Crippen molar-refractivity contribution in [3.8, 4) is 0 Å². The van der Waals surface area contributed by atoms with Gasteiger partial charge in [0.05, 0.1) is 3.79 Å². The summed E-state index contributed by atoms with van der Waals surface area (Å²) < 4.78 is 1.07. The quantitative estimate of drug-likeness (QED) is 0.721. The van der Waals surface area contributed by atoms with Crippen LogP contribution in [0, 0.1) is 0 Å². The Morgan fingerprint density at radius 3 is 2.50 bits per heavy atom. The first-order chi connectivity index (χ1) is 11.7. The van der Waals surface area contributed by atoms with Gasteiger partial charge in [-0.2, -0.15) is 0 Å². The number of carbonyl (C=O) groups is 1. The van der Waals surface area contributed by atoms with Crippen LogP contribution in [0.5, 0.6) is 0 Å². The molecular weight excluding hydrogens is 384 g/mol. The highest BCUT2D eigenvalue weighted by molar-refractivity contribution is 9.11. The van der Waals surface area contributed by atoms with E-state index in [1.54, 1.807) is 17.4 Å². The molecule has 0 saturated carbocycles. The van der Waals surface area contributed by atoms with E-state index in [4.69, 9.17) is 0 Å². The Bertz CT molecular complexity index is 702. The minimum Gasteiger partial charge on any atom is -0.348 e. The second-order valence-electron chi connectivity index (χ2n) is 5.99. The topological polar surface area (TPSA) is 32.3 Å². The van der Waals surface area contributed by atoms with Crippen molar-refractivity contribution in [2.24, 2.45) is 0 Å². The van der Waals surface area contributed by atoms with E-state index in [9.17, 15) is 4.79 Å². The lowest BCUT2D eigenvalue weighted by Crippen LogP contribution is -2.20. The van der Waals surface area contributed by atoms with E-state index in [0.717, 1.165) is 20.8 Å². The van der Waals surface area contributed by atoms with Crippen molar-refractivity contribution in [3.05, 3.63) is 62.3 Å². The fourth-order valence-electron chi connectivity index (χ4n) is 2.79. The highest BCUT2D eigenvalue weighted by atomic mass is 79.9. The van der Waals surface area contributed by atoms with Gasteiger partial charge >= 0.3 is 0 Å². The lowest BCUT2D eigenvalue weighted by Gasteiger charge is -2.14. The molecule has 1 aromatic carbocycles. The molecule has 0 radical (unpaired) electrons. The van der Waals surface area contributed by atoms with Crippen molar-refractivity contribution < 1.29 is 4.79 Å². The Labute approximate surface area is 155 Å². The maximum Gasteiger partial charge on any atom is 0.244 e. The van der Waals surface area contributed by atoms with E-state index in [2.05, 4.69) is 50.4 Å². The third-order valence-corrected chi connectivity index (χ3v) is 5.68. The SMILES string of the molecule is O=C(/C=C/c1ccc(Br)s1)NCc1ccc(CN2CCCC2)cc1. The Hall–Kier alpha value is -1.43. The molecule has 1 fully saturated rings. The largest absolute Gasteiger partial charge is 0.348 e. The van der Waals surface area contributed by atoms with E-state index in [0.29, 0.717) is 6.54 Å². The van der Waals surface area contributed by atoms with Gasteiger partial charge in [-0.15, -0.1) is 11.3 Å². The van der Waals surface area contributed by atoms with E-state index >= 15 is 0 Å². The summed E-state index contributed by atoms with van der Waals surface area (Å²) in [6.07, 6.45) is 6.06. The Morgan fingerprint density at radius 2 is 1.83 bits per heavy atom. The van der Waals surface area contributed by atoms with E-state index in [1.807, 2.05) is 18.2 Å². The maximum absolute atomic E-state index is 11.9. The summed E-state index contributed by atoms with van der Waals surface area (Å²) in [5.74, 6) is -0.0688. The number of halogens is 1. The molecular formula is C19H21BrN2OS. The van der Waals surface area contributed by atoms with Crippen LogP contribution in [0.2, 0.25) is 0 Å². The van der Waals surface area contributed by atoms with Crippen LogP contribution >= 0.6 is 27.3 Å². The first-order valence-electron chi connectivity index (χ1n) is 8.20. The minimum atomic E-state index is -0.0688. The van der Waals surface area contributed by atoms with Crippen molar-refractivity contribution in [1.82, 2.24) is 10.2 Å². The molecule has 24 heavy (non-hydrogen) atoms. The number of nitrogens with one attached hydrogen (secondary N) is 1. The van der Waals surface area contributed by atoms with Crippen LogP contribution < -0.4 is 5.32 Å². The second kappa shape index (κ2) is 8.60. The maximum atomic E-state index is 11.9. The zero-order valence-corrected chi connectivity index (χ0v) is 15.9. The number of rotatable bonds is 6. The minimum absolute atomic E-state index is 0.0688. The number of benzene rings is 1. The molecule has 1 aromatic heterocycles. The van der Waals surface area contributed by atoms with Gasteiger partial charge in [-0.3, -0.25) is 9.69 Å². The zero-order chi connectivity index (χ0) is 16.8. The molecule has 2 aromatic rings. The standard InChI is InChI=1S/C19H21BrN2OS/c20-18-9-7-17(24-18)8-10-19(23)21-13-15-3-5-16(6-4-15)14-22-11-1-2-12-22/h3-10H,1-2,11-14H2,(H,21,23)/b10-8+. The molecule has 1 amide bonds. The molecule has 5 heteroatoms. The van der Waals surface area contributed by atoms with Crippen LogP contribution in [0.25, 0.3) is 6.08 Å². The molecule has 1 aliphatic heterocycles. The van der Waals surface area contributed by atoms with Crippen LogP contribution in [0.3, 0.4) is 0 Å². The highest BCUT2D eigenvalue weighted by Gasteiger charge is 2.11. The molecule has 2 heterocycles.